The summed E-state index contributed by atoms with van der Waals surface area (Å²) in [5.74, 6) is 1.78. The summed E-state index contributed by atoms with van der Waals surface area (Å²) in [4.78, 5) is 16.7. The van der Waals surface area contributed by atoms with Gasteiger partial charge in [0, 0.05) is 27.1 Å². The smallest absolute Gasteiger partial charge is 0.358 e. The zero-order chi connectivity index (χ0) is 13.3. The van der Waals surface area contributed by atoms with Crippen molar-refractivity contribution in [3.8, 4) is 0 Å². The molecule has 0 radical (unpaired) electrons. The molecular weight excluding hydrogens is 234 g/mol. The van der Waals surface area contributed by atoms with Crippen molar-refractivity contribution in [3.05, 3.63) is 15.9 Å². The number of hydrogen-bond acceptors (Lipinski definition) is 5. The molecule has 0 spiro atoms. The molecule has 0 atom stereocenters. The van der Waals surface area contributed by atoms with Crippen LogP contribution in [-0.4, -0.2) is 34.1 Å². The summed E-state index contributed by atoms with van der Waals surface area (Å²) in [6.45, 7) is 4.09. The topological polar surface area (TPSA) is 90.2 Å². The van der Waals surface area contributed by atoms with Gasteiger partial charge in [-0.2, -0.15) is 0 Å². The molecule has 1 saturated heterocycles. The molecule has 0 bridgehead atoms. The van der Waals surface area contributed by atoms with Crippen molar-refractivity contribution in [1.82, 2.24) is 9.55 Å². The summed E-state index contributed by atoms with van der Waals surface area (Å²) in [6, 6.07) is 0. The minimum Gasteiger partial charge on any atom is -0.358 e. The van der Waals surface area contributed by atoms with Gasteiger partial charge < -0.3 is 20.7 Å². The van der Waals surface area contributed by atoms with Gasteiger partial charge in [-0.1, -0.05) is 0 Å². The summed E-state index contributed by atoms with van der Waals surface area (Å²) in [6.07, 6.45) is 1.97. The molecular formula is C11H19N5O2. The van der Waals surface area contributed by atoms with Crippen LogP contribution in [0.15, 0.2) is 0 Å². The molecule has 1 aromatic heterocycles. The molecule has 2 heterocycles. The number of piperidine rings is 1. The van der Waals surface area contributed by atoms with Crippen LogP contribution in [-0.2, 0) is 7.05 Å². The van der Waals surface area contributed by atoms with E-state index < -0.39 is 4.92 Å². The number of imidazole rings is 1. The predicted molar refractivity (Wildman–Crippen MR) is 68.6 cm³/mol. The van der Waals surface area contributed by atoms with E-state index >= 15 is 0 Å². The minimum atomic E-state index is -0.405. The fraction of sp³-hybridized carbons (Fsp3) is 0.727. The van der Waals surface area contributed by atoms with Crippen molar-refractivity contribution in [2.45, 2.75) is 19.8 Å². The highest BCUT2D eigenvalue weighted by Gasteiger charge is 2.30. The van der Waals surface area contributed by atoms with Gasteiger partial charge in [0.05, 0.1) is 0 Å². The average Bonchev–Trinajstić information content (AvgIpc) is 2.66. The molecule has 0 amide bonds. The lowest BCUT2D eigenvalue weighted by atomic mass is 9.97. The van der Waals surface area contributed by atoms with Crippen LogP contribution < -0.4 is 10.6 Å². The van der Waals surface area contributed by atoms with Crippen LogP contribution in [0.25, 0.3) is 0 Å². The second kappa shape index (κ2) is 4.93. The van der Waals surface area contributed by atoms with Crippen molar-refractivity contribution >= 4 is 11.6 Å². The molecule has 1 fully saturated rings. The number of hydrogen-bond donors (Lipinski definition) is 1. The standard InChI is InChI=1S/C11H19N5O2/c1-8-13-10(16(17)18)11(14(8)2)15-5-3-9(7-12)4-6-15/h9H,3-7,12H2,1-2H3. The maximum absolute atomic E-state index is 11.0. The van der Waals surface area contributed by atoms with Crippen LogP contribution >= 0.6 is 0 Å². The monoisotopic (exact) mass is 253 g/mol. The first-order valence-corrected chi connectivity index (χ1v) is 6.17. The fourth-order valence-corrected chi connectivity index (χ4v) is 2.44. The molecule has 0 aromatic carbocycles. The van der Waals surface area contributed by atoms with Crippen LogP contribution in [0.5, 0.6) is 0 Å². The van der Waals surface area contributed by atoms with Gasteiger partial charge in [-0.25, -0.2) is 0 Å². The third kappa shape index (κ3) is 2.17. The summed E-state index contributed by atoms with van der Waals surface area (Å²) in [5.41, 5.74) is 5.66. The van der Waals surface area contributed by atoms with Crippen LogP contribution in [0.2, 0.25) is 0 Å². The number of nitrogens with zero attached hydrogens (tertiary/aromatic N) is 4. The zero-order valence-corrected chi connectivity index (χ0v) is 10.8. The molecule has 1 aromatic rings. The predicted octanol–water partition coefficient (Wildman–Crippen LogP) is 0.812. The van der Waals surface area contributed by atoms with Crippen molar-refractivity contribution in [2.24, 2.45) is 18.7 Å². The largest absolute Gasteiger partial charge is 0.406 e. The second-order valence-corrected chi connectivity index (χ2v) is 4.79. The Morgan fingerprint density at radius 3 is 2.61 bits per heavy atom. The van der Waals surface area contributed by atoms with Gasteiger partial charge in [0.25, 0.3) is 0 Å². The fourth-order valence-electron chi connectivity index (χ4n) is 2.44. The normalized spacial score (nSPS) is 17.2. The second-order valence-electron chi connectivity index (χ2n) is 4.79. The quantitative estimate of drug-likeness (QED) is 0.636. The lowest BCUT2D eigenvalue weighted by Crippen LogP contribution is -2.37. The first kappa shape index (κ1) is 12.8. The molecule has 7 nitrogen and oxygen atoms in total. The van der Waals surface area contributed by atoms with Gasteiger partial charge in [0.2, 0.25) is 11.6 Å². The van der Waals surface area contributed by atoms with Crippen LogP contribution in [0.4, 0.5) is 11.6 Å². The summed E-state index contributed by atoms with van der Waals surface area (Å²) in [5, 5.41) is 11.0. The Hall–Kier alpha value is -1.63. The van der Waals surface area contributed by atoms with Gasteiger partial charge in [0.15, 0.2) is 0 Å². The molecule has 0 saturated carbocycles. The first-order chi connectivity index (χ1) is 8.54. The maximum Gasteiger partial charge on any atom is 0.406 e. The van der Waals surface area contributed by atoms with E-state index in [1.807, 2.05) is 11.9 Å². The Balaban J connectivity index is 2.25. The van der Waals surface area contributed by atoms with E-state index in [1.54, 1.807) is 11.5 Å². The third-order valence-corrected chi connectivity index (χ3v) is 3.69. The summed E-state index contributed by atoms with van der Waals surface area (Å²) in [7, 11) is 1.82. The maximum atomic E-state index is 11.0. The third-order valence-electron chi connectivity index (χ3n) is 3.69. The Bertz CT molecular complexity index is 449. The SMILES string of the molecule is Cc1nc([N+](=O)[O-])c(N2CCC(CN)CC2)n1C. The molecule has 2 N–H and O–H groups in total. The Kier molecular flexibility index (Phi) is 3.51. The lowest BCUT2D eigenvalue weighted by molar-refractivity contribution is -0.388. The van der Waals surface area contributed by atoms with Crippen LogP contribution in [0.1, 0.15) is 18.7 Å². The molecule has 1 aliphatic heterocycles. The molecule has 2 rings (SSSR count). The van der Waals surface area contributed by atoms with Crippen LogP contribution in [0, 0.1) is 23.0 Å². The number of nitrogens with two attached hydrogens (primary N) is 1. The minimum absolute atomic E-state index is 0.0406. The van der Waals surface area contributed by atoms with Gasteiger partial charge in [-0.15, -0.1) is 0 Å². The van der Waals surface area contributed by atoms with Gasteiger partial charge >= 0.3 is 5.82 Å². The van der Waals surface area contributed by atoms with E-state index in [1.165, 1.54) is 0 Å². The molecule has 7 heteroatoms. The lowest BCUT2D eigenvalue weighted by Gasteiger charge is -2.32. The molecule has 100 valence electrons. The Morgan fingerprint density at radius 1 is 1.50 bits per heavy atom. The van der Waals surface area contributed by atoms with E-state index in [9.17, 15) is 10.1 Å². The zero-order valence-electron chi connectivity index (χ0n) is 10.8. The highest BCUT2D eigenvalue weighted by Crippen LogP contribution is 2.31. The van der Waals surface area contributed by atoms with Crippen molar-refractivity contribution in [3.63, 3.8) is 0 Å². The number of aryl methyl sites for hydroxylation is 1. The van der Waals surface area contributed by atoms with Gasteiger partial charge in [-0.3, -0.25) is 4.57 Å². The van der Waals surface area contributed by atoms with E-state index in [4.69, 9.17) is 5.73 Å². The first-order valence-electron chi connectivity index (χ1n) is 6.17. The van der Waals surface area contributed by atoms with Crippen molar-refractivity contribution < 1.29 is 4.92 Å². The Labute approximate surface area is 106 Å². The van der Waals surface area contributed by atoms with E-state index in [0.717, 1.165) is 25.9 Å². The highest BCUT2D eigenvalue weighted by molar-refractivity contribution is 5.56. The average molecular weight is 253 g/mol. The Morgan fingerprint density at radius 2 is 2.11 bits per heavy atom. The number of nitro groups is 1. The van der Waals surface area contributed by atoms with Gasteiger partial charge in [0.1, 0.15) is 0 Å². The van der Waals surface area contributed by atoms with Crippen molar-refractivity contribution in [2.75, 3.05) is 24.5 Å². The number of aromatic nitrogens is 2. The van der Waals surface area contributed by atoms with E-state index in [2.05, 4.69) is 4.98 Å². The molecule has 0 aliphatic carbocycles. The summed E-state index contributed by atoms with van der Waals surface area (Å²) >= 11 is 0. The van der Waals surface area contributed by atoms with Crippen molar-refractivity contribution in [1.29, 1.82) is 0 Å². The van der Waals surface area contributed by atoms with Gasteiger partial charge in [-0.05, 0) is 35.2 Å². The summed E-state index contributed by atoms with van der Waals surface area (Å²) < 4.78 is 1.79. The molecule has 0 unspecified atom stereocenters. The molecule has 1 aliphatic rings. The van der Waals surface area contributed by atoms with E-state index in [0.29, 0.717) is 24.1 Å². The number of anilines is 1. The van der Waals surface area contributed by atoms with E-state index in [-0.39, 0.29) is 5.82 Å². The van der Waals surface area contributed by atoms with Crippen LogP contribution in [0.3, 0.4) is 0 Å². The molecule has 18 heavy (non-hydrogen) atoms. The highest BCUT2D eigenvalue weighted by atomic mass is 16.6. The number of rotatable bonds is 3.